The van der Waals surface area contributed by atoms with Crippen LogP contribution in [0.25, 0.3) is 10.2 Å². The maximum Gasteiger partial charge on any atom is 0.266 e. The van der Waals surface area contributed by atoms with E-state index in [1.165, 1.54) is 25.6 Å². The van der Waals surface area contributed by atoms with Crippen LogP contribution in [0.5, 0.6) is 11.5 Å². The first kappa shape index (κ1) is 18.4. The Hall–Kier alpha value is -2.38. The summed E-state index contributed by atoms with van der Waals surface area (Å²) in [6.07, 6.45) is 0. The Balaban J connectivity index is 2.02. The number of carbonyl (C=O) groups excluding carboxylic acids is 1. The van der Waals surface area contributed by atoms with Crippen molar-refractivity contribution >= 4 is 44.7 Å². The summed E-state index contributed by atoms with van der Waals surface area (Å²) in [4.78, 5) is 23.1. The summed E-state index contributed by atoms with van der Waals surface area (Å²) in [6, 6.07) is 3.24. The highest BCUT2D eigenvalue weighted by Crippen LogP contribution is 2.37. The van der Waals surface area contributed by atoms with Crippen LogP contribution in [-0.2, 0) is 0 Å². The molecule has 26 heavy (non-hydrogen) atoms. The number of hydrogen-bond acceptors (Lipinski definition) is 6. The molecule has 0 aliphatic carbocycles. The predicted molar refractivity (Wildman–Crippen MR) is 104 cm³/mol. The van der Waals surface area contributed by atoms with Crippen molar-refractivity contribution in [3.63, 3.8) is 0 Å². The molecule has 0 saturated heterocycles. The number of fused-ring (bicyclic) bond motifs is 1. The minimum Gasteiger partial charge on any atom is -0.495 e. The summed E-state index contributed by atoms with van der Waals surface area (Å²) in [5.41, 5.74) is 2.21. The number of benzene rings is 1. The number of methoxy groups -OCH3 is 2. The minimum absolute atomic E-state index is 0.245. The molecular weight excluding hydrogens is 374 g/mol. The van der Waals surface area contributed by atoms with Crippen LogP contribution < -0.4 is 14.8 Å². The lowest BCUT2D eigenvalue weighted by atomic mass is 10.1. The standard InChI is InChI=1S/C18H18ClN3O3S/c1-8-15-9(2)20-10(3)21-18(15)26-16(8)17(23)22-12-7-13(24-4)11(19)6-14(12)25-5/h6-7H,1-5H3,(H,22,23). The van der Waals surface area contributed by atoms with Crippen molar-refractivity contribution in [3.8, 4) is 11.5 Å². The number of aryl methyl sites for hydroxylation is 3. The molecule has 1 aromatic carbocycles. The van der Waals surface area contributed by atoms with Crippen molar-refractivity contribution < 1.29 is 14.3 Å². The normalized spacial score (nSPS) is 10.8. The highest BCUT2D eigenvalue weighted by atomic mass is 35.5. The number of amides is 1. The van der Waals surface area contributed by atoms with Crippen LogP contribution in [0.3, 0.4) is 0 Å². The van der Waals surface area contributed by atoms with Crippen LogP contribution in [0.1, 0.15) is 26.8 Å². The van der Waals surface area contributed by atoms with Crippen molar-refractivity contribution in [2.24, 2.45) is 0 Å². The molecule has 0 spiro atoms. The Kier molecular flexibility index (Phi) is 5.02. The van der Waals surface area contributed by atoms with Crippen LogP contribution in [0.4, 0.5) is 5.69 Å². The number of nitrogens with zero attached hydrogens (tertiary/aromatic N) is 2. The first-order chi connectivity index (χ1) is 12.3. The second-order valence-electron chi connectivity index (χ2n) is 5.73. The summed E-state index contributed by atoms with van der Waals surface area (Å²) in [5, 5.41) is 4.20. The second kappa shape index (κ2) is 7.09. The van der Waals surface area contributed by atoms with E-state index in [2.05, 4.69) is 15.3 Å². The number of ether oxygens (including phenoxy) is 2. The average molecular weight is 392 g/mol. The van der Waals surface area contributed by atoms with E-state index < -0.39 is 0 Å². The number of rotatable bonds is 4. The van der Waals surface area contributed by atoms with Gasteiger partial charge in [-0.05, 0) is 26.3 Å². The Morgan fingerprint density at radius 1 is 1.12 bits per heavy atom. The maximum atomic E-state index is 12.9. The van der Waals surface area contributed by atoms with Gasteiger partial charge in [0.05, 0.1) is 29.8 Å². The van der Waals surface area contributed by atoms with Gasteiger partial charge in [0.15, 0.2) is 0 Å². The van der Waals surface area contributed by atoms with Gasteiger partial charge < -0.3 is 14.8 Å². The lowest BCUT2D eigenvalue weighted by molar-refractivity contribution is 0.102. The molecule has 3 aromatic rings. The van der Waals surface area contributed by atoms with Crippen molar-refractivity contribution in [1.82, 2.24) is 9.97 Å². The molecule has 0 aliphatic rings. The molecule has 0 bridgehead atoms. The van der Waals surface area contributed by atoms with Gasteiger partial charge in [-0.1, -0.05) is 11.6 Å². The predicted octanol–water partition coefficient (Wildman–Crippen LogP) is 4.54. The number of carbonyl (C=O) groups is 1. The second-order valence-corrected chi connectivity index (χ2v) is 7.14. The largest absolute Gasteiger partial charge is 0.495 e. The molecule has 8 heteroatoms. The third-order valence-corrected chi connectivity index (χ3v) is 5.49. The molecule has 6 nitrogen and oxygen atoms in total. The van der Waals surface area contributed by atoms with Crippen molar-refractivity contribution in [1.29, 1.82) is 0 Å². The first-order valence-electron chi connectivity index (χ1n) is 7.83. The van der Waals surface area contributed by atoms with Crippen LogP contribution in [0.15, 0.2) is 12.1 Å². The van der Waals surface area contributed by atoms with Crippen molar-refractivity contribution in [2.75, 3.05) is 19.5 Å². The van der Waals surface area contributed by atoms with Gasteiger partial charge >= 0.3 is 0 Å². The van der Waals surface area contributed by atoms with Gasteiger partial charge in [0.2, 0.25) is 0 Å². The summed E-state index contributed by atoms with van der Waals surface area (Å²) < 4.78 is 10.5. The zero-order chi connectivity index (χ0) is 19.0. The van der Waals surface area contributed by atoms with Crippen molar-refractivity contribution in [3.05, 3.63) is 39.1 Å². The molecule has 1 N–H and O–H groups in total. The van der Waals surface area contributed by atoms with Crippen LogP contribution in [0.2, 0.25) is 5.02 Å². The quantitative estimate of drug-likeness (QED) is 0.706. The molecule has 2 aromatic heterocycles. The molecule has 0 aliphatic heterocycles. The van der Waals surface area contributed by atoms with Crippen LogP contribution in [0, 0.1) is 20.8 Å². The lowest BCUT2D eigenvalue weighted by Crippen LogP contribution is -2.12. The van der Waals surface area contributed by atoms with Crippen molar-refractivity contribution in [2.45, 2.75) is 20.8 Å². The number of halogens is 1. The van der Waals surface area contributed by atoms with Gasteiger partial charge in [-0.2, -0.15) is 0 Å². The van der Waals surface area contributed by atoms with Gasteiger partial charge in [-0.3, -0.25) is 4.79 Å². The average Bonchev–Trinajstić information content (AvgIpc) is 2.92. The van der Waals surface area contributed by atoms with E-state index >= 15 is 0 Å². The SMILES string of the molecule is COc1cc(NC(=O)c2sc3nc(C)nc(C)c3c2C)c(OC)cc1Cl. The maximum absolute atomic E-state index is 12.9. The Bertz CT molecular complexity index is 1020. The zero-order valence-electron chi connectivity index (χ0n) is 15.1. The van der Waals surface area contributed by atoms with Gasteiger partial charge in [0, 0.05) is 23.2 Å². The van der Waals surface area contributed by atoms with E-state index in [1.54, 1.807) is 12.1 Å². The number of thiophene rings is 1. The summed E-state index contributed by atoms with van der Waals surface area (Å²) >= 11 is 7.46. The van der Waals surface area contributed by atoms with Gasteiger partial charge in [-0.25, -0.2) is 9.97 Å². The molecular formula is C18H18ClN3O3S. The fraction of sp³-hybridized carbons (Fsp3) is 0.278. The lowest BCUT2D eigenvalue weighted by Gasteiger charge is -2.13. The van der Waals surface area contributed by atoms with E-state index in [1.807, 2.05) is 20.8 Å². The van der Waals surface area contributed by atoms with E-state index in [0.717, 1.165) is 21.5 Å². The van der Waals surface area contributed by atoms with Gasteiger partial charge in [0.25, 0.3) is 5.91 Å². The van der Waals surface area contributed by atoms with E-state index in [4.69, 9.17) is 21.1 Å². The summed E-state index contributed by atoms with van der Waals surface area (Å²) in [7, 11) is 3.03. The zero-order valence-corrected chi connectivity index (χ0v) is 16.6. The first-order valence-corrected chi connectivity index (χ1v) is 9.02. The highest BCUT2D eigenvalue weighted by molar-refractivity contribution is 7.20. The van der Waals surface area contributed by atoms with Gasteiger partial charge in [-0.15, -0.1) is 11.3 Å². The summed E-state index contributed by atoms with van der Waals surface area (Å²) in [5.74, 6) is 1.35. The molecule has 2 heterocycles. The third kappa shape index (κ3) is 3.20. The molecule has 136 valence electrons. The number of anilines is 1. The highest BCUT2D eigenvalue weighted by Gasteiger charge is 2.20. The number of nitrogens with one attached hydrogen (secondary N) is 1. The number of hydrogen-bond donors (Lipinski definition) is 1. The summed E-state index contributed by atoms with van der Waals surface area (Å²) in [6.45, 7) is 5.66. The molecule has 0 saturated carbocycles. The van der Waals surface area contributed by atoms with Crippen LogP contribution in [-0.4, -0.2) is 30.1 Å². The molecule has 0 radical (unpaired) electrons. The molecule has 0 unspecified atom stereocenters. The molecule has 0 fully saturated rings. The topological polar surface area (TPSA) is 73.3 Å². The van der Waals surface area contributed by atoms with E-state index in [9.17, 15) is 4.79 Å². The Morgan fingerprint density at radius 2 is 1.81 bits per heavy atom. The smallest absolute Gasteiger partial charge is 0.266 e. The fourth-order valence-corrected chi connectivity index (χ4v) is 4.23. The third-order valence-electron chi connectivity index (χ3n) is 4.01. The molecule has 3 rings (SSSR count). The Labute approximate surface area is 160 Å². The fourth-order valence-electron chi connectivity index (χ4n) is 2.83. The van der Waals surface area contributed by atoms with Gasteiger partial charge in [0.1, 0.15) is 22.2 Å². The molecule has 0 atom stereocenters. The van der Waals surface area contributed by atoms with Crippen LogP contribution >= 0.6 is 22.9 Å². The van der Waals surface area contributed by atoms with E-state index in [-0.39, 0.29) is 5.91 Å². The van der Waals surface area contributed by atoms with E-state index in [0.29, 0.717) is 32.9 Å². The molecule has 1 amide bonds. The minimum atomic E-state index is -0.245. The Morgan fingerprint density at radius 3 is 2.46 bits per heavy atom. The number of aromatic nitrogens is 2. The monoisotopic (exact) mass is 391 g/mol.